The van der Waals surface area contributed by atoms with Crippen molar-refractivity contribution >= 4 is 11.6 Å². The second-order valence-corrected chi connectivity index (χ2v) is 6.31. The van der Waals surface area contributed by atoms with Crippen LogP contribution in [0.15, 0.2) is 48.5 Å². The lowest BCUT2D eigenvalue weighted by Crippen LogP contribution is -2.34. The molecule has 2 aromatic rings. The molecule has 5 heteroatoms. The van der Waals surface area contributed by atoms with Gasteiger partial charge in [-0.25, -0.2) is 4.39 Å². The molecule has 25 heavy (non-hydrogen) atoms. The van der Waals surface area contributed by atoms with E-state index >= 15 is 0 Å². The van der Waals surface area contributed by atoms with Gasteiger partial charge in [-0.2, -0.15) is 5.26 Å². The molecule has 128 valence electrons. The zero-order chi connectivity index (χ0) is 17.6. The number of carbonyl (C=O) groups is 1. The zero-order valence-electron chi connectivity index (χ0n) is 13.9. The van der Waals surface area contributed by atoms with Crippen LogP contribution in [0.5, 0.6) is 0 Å². The minimum atomic E-state index is -0.235. The van der Waals surface area contributed by atoms with Crippen LogP contribution < -0.4 is 5.32 Å². The van der Waals surface area contributed by atoms with Crippen LogP contribution >= 0.6 is 0 Å². The summed E-state index contributed by atoms with van der Waals surface area (Å²) in [6.07, 6.45) is 2.45. The number of halogens is 1. The number of rotatable bonds is 7. The Bertz CT molecular complexity index is 778. The van der Waals surface area contributed by atoms with Crippen LogP contribution in [0.25, 0.3) is 0 Å². The van der Waals surface area contributed by atoms with Gasteiger partial charge in [-0.05, 0) is 36.6 Å². The molecule has 1 saturated carbocycles. The predicted molar refractivity (Wildman–Crippen MR) is 94.2 cm³/mol. The first kappa shape index (κ1) is 17.1. The van der Waals surface area contributed by atoms with E-state index in [0.717, 1.165) is 18.4 Å². The molecule has 4 nitrogen and oxygen atoms in total. The number of benzene rings is 2. The molecule has 1 amide bonds. The molecular formula is C20H20FN3O. The summed E-state index contributed by atoms with van der Waals surface area (Å²) < 4.78 is 13.9. The first-order chi connectivity index (χ1) is 12.2. The van der Waals surface area contributed by atoms with Crippen molar-refractivity contribution in [2.45, 2.75) is 31.8 Å². The highest BCUT2D eigenvalue weighted by Gasteiger charge is 2.30. The Morgan fingerprint density at radius 1 is 1.20 bits per heavy atom. The van der Waals surface area contributed by atoms with Crippen LogP contribution in [0, 0.1) is 17.1 Å². The van der Waals surface area contributed by atoms with Gasteiger partial charge < -0.3 is 5.32 Å². The Balaban J connectivity index is 1.59. The van der Waals surface area contributed by atoms with Crippen LogP contribution in [0.3, 0.4) is 0 Å². The topological polar surface area (TPSA) is 56.1 Å². The predicted octanol–water partition coefficient (Wildman–Crippen LogP) is 3.49. The highest BCUT2D eigenvalue weighted by atomic mass is 19.1. The summed E-state index contributed by atoms with van der Waals surface area (Å²) in [4.78, 5) is 14.4. The Labute approximate surface area is 146 Å². The largest absolute Gasteiger partial charge is 0.325 e. The Morgan fingerprint density at radius 2 is 1.92 bits per heavy atom. The van der Waals surface area contributed by atoms with Gasteiger partial charge in [-0.3, -0.25) is 9.69 Å². The van der Waals surface area contributed by atoms with Gasteiger partial charge in [-0.15, -0.1) is 0 Å². The van der Waals surface area contributed by atoms with E-state index in [1.165, 1.54) is 6.07 Å². The quantitative estimate of drug-likeness (QED) is 0.841. The van der Waals surface area contributed by atoms with E-state index in [9.17, 15) is 9.18 Å². The summed E-state index contributed by atoms with van der Waals surface area (Å²) in [7, 11) is 0. The van der Waals surface area contributed by atoms with E-state index in [0.29, 0.717) is 30.3 Å². The summed E-state index contributed by atoms with van der Waals surface area (Å²) in [5, 5.41) is 11.5. The molecule has 1 aliphatic rings. The van der Waals surface area contributed by atoms with Gasteiger partial charge in [0.25, 0.3) is 0 Å². The van der Waals surface area contributed by atoms with E-state index in [-0.39, 0.29) is 18.3 Å². The number of hydrogen-bond acceptors (Lipinski definition) is 3. The van der Waals surface area contributed by atoms with Crippen LogP contribution in [0.4, 0.5) is 10.1 Å². The smallest absolute Gasteiger partial charge is 0.238 e. The maximum atomic E-state index is 13.9. The summed E-state index contributed by atoms with van der Waals surface area (Å²) in [6, 6.07) is 16.4. The molecule has 0 aromatic heterocycles. The van der Waals surface area contributed by atoms with E-state index in [4.69, 9.17) is 5.26 Å². The van der Waals surface area contributed by atoms with Gasteiger partial charge in [0.1, 0.15) is 5.82 Å². The van der Waals surface area contributed by atoms with Crippen molar-refractivity contribution in [3.63, 3.8) is 0 Å². The molecule has 3 rings (SSSR count). The van der Waals surface area contributed by atoms with Crippen molar-refractivity contribution < 1.29 is 9.18 Å². The van der Waals surface area contributed by atoms with Gasteiger partial charge in [0.05, 0.1) is 19.0 Å². The van der Waals surface area contributed by atoms with Crippen molar-refractivity contribution in [1.29, 1.82) is 5.26 Å². The lowest BCUT2D eigenvalue weighted by molar-refractivity contribution is -0.117. The van der Waals surface area contributed by atoms with Crippen LogP contribution in [0.1, 0.15) is 24.0 Å². The van der Waals surface area contributed by atoms with Crippen molar-refractivity contribution in [3.8, 4) is 6.07 Å². The number of hydrogen-bond donors (Lipinski definition) is 1. The summed E-state index contributed by atoms with van der Waals surface area (Å²) in [5.74, 6) is -0.349. The number of anilines is 1. The molecule has 0 radical (unpaired) electrons. The van der Waals surface area contributed by atoms with Gasteiger partial charge in [0, 0.05) is 23.8 Å². The van der Waals surface area contributed by atoms with E-state index < -0.39 is 0 Å². The molecular weight excluding hydrogens is 317 g/mol. The maximum Gasteiger partial charge on any atom is 0.238 e. The Hall–Kier alpha value is -2.71. The van der Waals surface area contributed by atoms with Gasteiger partial charge in [0.2, 0.25) is 5.91 Å². The minimum absolute atomic E-state index is 0.115. The first-order valence-electron chi connectivity index (χ1n) is 8.39. The molecule has 0 saturated heterocycles. The first-order valence-corrected chi connectivity index (χ1v) is 8.39. The molecule has 1 N–H and O–H groups in total. The third-order valence-electron chi connectivity index (χ3n) is 4.26. The monoisotopic (exact) mass is 337 g/mol. The van der Waals surface area contributed by atoms with E-state index in [1.807, 2.05) is 23.1 Å². The fraction of sp³-hybridized carbons (Fsp3) is 0.300. The van der Waals surface area contributed by atoms with Gasteiger partial charge in [-0.1, -0.05) is 30.3 Å². The normalized spacial score (nSPS) is 13.5. The molecule has 1 aliphatic carbocycles. The minimum Gasteiger partial charge on any atom is -0.325 e. The fourth-order valence-corrected chi connectivity index (χ4v) is 2.78. The zero-order valence-corrected chi connectivity index (χ0v) is 13.9. The maximum absolute atomic E-state index is 13.9. The van der Waals surface area contributed by atoms with Crippen molar-refractivity contribution in [3.05, 3.63) is 65.5 Å². The molecule has 0 bridgehead atoms. The number of amides is 1. The molecule has 1 fully saturated rings. The third kappa shape index (κ3) is 4.88. The number of carbonyl (C=O) groups excluding carboxylic acids is 1. The number of nitrogens with zero attached hydrogens (tertiary/aromatic N) is 2. The lowest BCUT2D eigenvalue weighted by Gasteiger charge is -2.21. The second kappa shape index (κ2) is 7.91. The Morgan fingerprint density at radius 3 is 2.56 bits per heavy atom. The van der Waals surface area contributed by atoms with Crippen molar-refractivity contribution in [2.75, 3.05) is 11.9 Å². The van der Waals surface area contributed by atoms with Crippen LogP contribution in [0.2, 0.25) is 0 Å². The summed E-state index contributed by atoms with van der Waals surface area (Å²) >= 11 is 0. The molecule has 0 heterocycles. The molecule has 2 aromatic carbocycles. The number of nitriles is 1. The van der Waals surface area contributed by atoms with Crippen molar-refractivity contribution in [2.24, 2.45) is 0 Å². The van der Waals surface area contributed by atoms with E-state index in [2.05, 4.69) is 11.4 Å². The average Bonchev–Trinajstić information content (AvgIpc) is 3.43. The summed E-state index contributed by atoms with van der Waals surface area (Å²) in [5.41, 5.74) is 2.23. The van der Waals surface area contributed by atoms with Crippen molar-refractivity contribution in [1.82, 2.24) is 4.90 Å². The summed E-state index contributed by atoms with van der Waals surface area (Å²) in [6.45, 7) is 0.671. The lowest BCUT2D eigenvalue weighted by atomic mass is 10.1. The van der Waals surface area contributed by atoms with Crippen LogP contribution in [-0.2, 0) is 17.8 Å². The second-order valence-electron chi connectivity index (χ2n) is 6.31. The SMILES string of the molecule is N#CCc1ccc(NC(=O)CN(Cc2ccccc2F)C2CC2)cc1. The highest BCUT2D eigenvalue weighted by Crippen LogP contribution is 2.28. The number of nitrogens with one attached hydrogen (secondary N) is 1. The molecule has 0 unspecified atom stereocenters. The molecule has 0 spiro atoms. The van der Waals surface area contributed by atoms with Crippen LogP contribution in [-0.4, -0.2) is 23.4 Å². The fourth-order valence-electron chi connectivity index (χ4n) is 2.78. The van der Waals surface area contributed by atoms with E-state index in [1.54, 1.807) is 24.3 Å². The average molecular weight is 337 g/mol. The molecule has 0 atom stereocenters. The van der Waals surface area contributed by atoms with Gasteiger partial charge in [0.15, 0.2) is 0 Å². The van der Waals surface area contributed by atoms with Gasteiger partial charge >= 0.3 is 0 Å². The standard InChI is InChI=1S/C20H20FN3O/c21-19-4-2-1-3-16(19)13-24(18-9-10-18)14-20(25)23-17-7-5-15(6-8-17)11-12-22/h1-8,18H,9-11,13-14H2,(H,23,25). The Kier molecular flexibility index (Phi) is 5.42. The molecule has 0 aliphatic heterocycles. The highest BCUT2D eigenvalue weighted by molar-refractivity contribution is 5.92. The third-order valence-corrected chi connectivity index (χ3v) is 4.26.